The molecule has 0 spiro atoms. The lowest BCUT2D eigenvalue weighted by Crippen LogP contribution is -2.46. The zero-order chi connectivity index (χ0) is 33.0. The molecule has 3 N–H and O–H groups in total. The van der Waals surface area contributed by atoms with E-state index in [4.69, 9.17) is 4.74 Å². The Morgan fingerprint density at radius 3 is 1.73 bits per heavy atom. The van der Waals surface area contributed by atoms with Gasteiger partial charge in [0.2, 0.25) is 0 Å². The highest BCUT2D eigenvalue weighted by molar-refractivity contribution is 5.37. The van der Waals surface area contributed by atoms with Crippen LogP contribution in [0.3, 0.4) is 0 Å². The van der Waals surface area contributed by atoms with Crippen molar-refractivity contribution in [2.75, 3.05) is 0 Å². The maximum absolute atomic E-state index is 10.9. The molecule has 1 saturated heterocycles. The Kier molecular flexibility index (Phi) is 11.2. The molecule has 1 heterocycles. The van der Waals surface area contributed by atoms with E-state index in [1.165, 1.54) is 0 Å². The standard InChI is InChI=1S/C40H56O4/c1-29(17-13-19-31(3)21-22-35-36(5,6)25-33(41)27-38(35,9)43)15-11-12-16-30(2)18-14-20-32(4)23-24-40-37(7,8)26-34(42)28-39(40,10)44-40/h11-21,23-24,33-34,41-43H,25-28H2,1-10H3/b12-11?,17-13?,18-14+,24-23?,29-15?,30-16?,31-19?,32-20-/t22?,33-,34-,38+,39+,40-/m0/s1. The summed E-state index contributed by atoms with van der Waals surface area (Å²) >= 11 is 0. The zero-order valence-electron chi connectivity index (χ0n) is 28.7. The molecule has 2 saturated carbocycles. The van der Waals surface area contributed by atoms with Crippen LogP contribution in [0.1, 0.15) is 94.9 Å². The summed E-state index contributed by atoms with van der Waals surface area (Å²) < 4.78 is 6.24. The minimum atomic E-state index is -1.05. The number of ether oxygens (including phenoxy) is 1. The first-order valence-electron chi connectivity index (χ1n) is 16.0. The molecular formula is C40H56O4. The minimum absolute atomic E-state index is 0.103. The summed E-state index contributed by atoms with van der Waals surface area (Å²) in [7, 11) is 0. The molecule has 4 nitrogen and oxygen atoms in total. The third-order valence-electron chi connectivity index (χ3n) is 9.39. The lowest BCUT2D eigenvalue weighted by molar-refractivity contribution is -0.0268. The third kappa shape index (κ3) is 8.71. The molecule has 240 valence electrons. The molecule has 1 aliphatic heterocycles. The van der Waals surface area contributed by atoms with Crippen molar-refractivity contribution in [3.8, 4) is 0 Å². The molecule has 0 amide bonds. The highest BCUT2D eigenvalue weighted by Crippen LogP contribution is 2.66. The Labute approximate surface area is 267 Å². The Balaban J connectivity index is 1.53. The van der Waals surface area contributed by atoms with Crippen LogP contribution in [0.4, 0.5) is 0 Å². The monoisotopic (exact) mass is 600 g/mol. The van der Waals surface area contributed by atoms with Gasteiger partial charge in [0.25, 0.3) is 0 Å². The number of aliphatic hydroxyl groups is 3. The van der Waals surface area contributed by atoms with E-state index in [2.05, 4.69) is 110 Å². The Bertz CT molecular complexity index is 1360. The Morgan fingerprint density at radius 1 is 0.682 bits per heavy atom. The molecule has 3 rings (SSSR count). The fourth-order valence-corrected chi connectivity index (χ4v) is 7.25. The summed E-state index contributed by atoms with van der Waals surface area (Å²) in [5, 5.41) is 31.2. The van der Waals surface area contributed by atoms with Gasteiger partial charge < -0.3 is 20.1 Å². The summed E-state index contributed by atoms with van der Waals surface area (Å²) in [5.74, 6) is 0. The summed E-state index contributed by atoms with van der Waals surface area (Å²) in [4.78, 5) is 0. The fraction of sp³-hybridized carbons (Fsp3) is 0.525. The van der Waals surface area contributed by atoms with Crippen LogP contribution in [0.2, 0.25) is 0 Å². The number of hydrogen-bond donors (Lipinski definition) is 3. The lowest BCUT2D eigenvalue weighted by Gasteiger charge is -2.43. The highest BCUT2D eigenvalue weighted by atomic mass is 16.6. The van der Waals surface area contributed by atoms with Gasteiger partial charge in [-0.15, -0.1) is 5.73 Å². The molecule has 0 aromatic rings. The van der Waals surface area contributed by atoms with E-state index in [-0.39, 0.29) is 28.1 Å². The molecular weight excluding hydrogens is 544 g/mol. The van der Waals surface area contributed by atoms with Crippen molar-refractivity contribution in [1.82, 2.24) is 0 Å². The van der Waals surface area contributed by atoms with Crippen LogP contribution in [-0.4, -0.2) is 44.3 Å². The fourth-order valence-electron chi connectivity index (χ4n) is 7.25. The number of rotatable bonds is 9. The van der Waals surface area contributed by atoms with Crippen molar-refractivity contribution < 1.29 is 20.1 Å². The van der Waals surface area contributed by atoms with Crippen LogP contribution in [-0.2, 0) is 4.74 Å². The molecule has 5 atom stereocenters. The van der Waals surface area contributed by atoms with Crippen LogP contribution in [0, 0.1) is 10.8 Å². The Morgan fingerprint density at radius 2 is 1.18 bits per heavy atom. The minimum Gasteiger partial charge on any atom is -0.393 e. The Hall–Kier alpha value is -2.72. The van der Waals surface area contributed by atoms with Crippen LogP contribution < -0.4 is 0 Å². The van der Waals surface area contributed by atoms with Crippen LogP contribution >= 0.6 is 0 Å². The average molecular weight is 601 g/mol. The second kappa shape index (κ2) is 13.7. The predicted octanol–water partition coefficient (Wildman–Crippen LogP) is 8.72. The lowest BCUT2D eigenvalue weighted by atomic mass is 9.63. The van der Waals surface area contributed by atoms with Crippen LogP contribution in [0.25, 0.3) is 0 Å². The second-order valence-corrected chi connectivity index (χ2v) is 15.0. The number of hydrogen-bond acceptors (Lipinski definition) is 4. The molecule has 3 fully saturated rings. The predicted molar refractivity (Wildman–Crippen MR) is 184 cm³/mol. The SMILES string of the molecule is CC(C=C=C1C(C)(C)C[C@H](O)C[C@@]1(C)O)=CC=CC(C)=CC=CC=C(C)/C=C/C=C(/C)C=C[C@@]12O[C@]1(C)C[C@@H](O)CC2(C)C. The number of epoxide rings is 1. The number of aliphatic hydroxyl groups excluding tert-OH is 2. The maximum atomic E-state index is 10.9. The maximum Gasteiger partial charge on any atom is 0.121 e. The van der Waals surface area contributed by atoms with Gasteiger partial charge in [0, 0.05) is 23.8 Å². The van der Waals surface area contributed by atoms with Crippen molar-refractivity contribution in [2.24, 2.45) is 10.8 Å². The van der Waals surface area contributed by atoms with Gasteiger partial charge in [-0.3, -0.25) is 0 Å². The van der Waals surface area contributed by atoms with Gasteiger partial charge in [0.15, 0.2) is 0 Å². The van der Waals surface area contributed by atoms with E-state index in [1.54, 1.807) is 6.92 Å². The van der Waals surface area contributed by atoms with Gasteiger partial charge >= 0.3 is 0 Å². The van der Waals surface area contributed by atoms with Gasteiger partial charge in [0.1, 0.15) is 11.2 Å². The van der Waals surface area contributed by atoms with Gasteiger partial charge in [0.05, 0.1) is 17.8 Å². The molecule has 44 heavy (non-hydrogen) atoms. The van der Waals surface area contributed by atoms with Gasteiger partial charge in [-0.25, -0.2) is 0 Å². The van der Waals surface area contributed by atoms with E-state index in [0.717, 1.165) is 34.3 Å². The second-order valence-electron chi connectivity index (χ2n) is 15.0. The molecule has 3 aliphatic rings. The van der Waals surface area contributed by atoms with Crippen molar-refractivity contribution in [3.05, 3.63) is 113 Å². The third-order valence-corrected chi connectivity index (χ3v) is 9.39. The number of fused-ring (bicyclic) bond motifs is 1. The van der Waals surface area contributed by atoms with Crippen LogP contribution in [0.15, 0.2) is 113 Å². The van der Waals surface area contributed by atoms with Crippen LogP contribution in [0.5, 0.6) is 0 Å². The first-order chi connectivity index (χ1) is 20.3. The van der Waals surface area contributed by atoms with E-state index in [9.17, 15) is 15.3 Å². The van der Waals surface area contributed by atoms with E-state index in [0.29, 0.717) is 19.3 Å². The molecule has 0 radical (unpaired) electrons. The van der Waals surface area contributed by atoms with E-state index >= 15 is 0 Å². The summed E-state index contributed by atoms with van der Waals surface area (Å²) in [5.41, 5.74) is 6.63. The van der Waals surface area contributed by atoms with E-state index in [1.807, 2.05) is 37.3 Å². The normalized spacial score (nSPS) is 34.7. The quantitative estimate of drug-likeness (QED) is 0.141. The molecule has 4 heteroatoms. The largest absolute Gasteiger partial charge is 0.393 e. The van der Waals surface area contributed by atoms with Crippen molar-refractivity contribution >= 4 is 0 Å². The topological polar surface area (TPSA) is 73.2 Å². The van der Waals surface area contributed by atoms with Gasteiger partial charge in [-0.1, -0.05) is 111 Å². The van der Waals surface area contributed by atoms with Crippen molar-refractivity contribution in [2.45, 2.75) is 124 Å². The van der Waals surface area contributed by atoms with Crippen molar-refractivity contribution in [3.63, 3.8) is 0 Å². The molecule has 0 bridgehead atoms. The first kappa shape index (κ1) is 35.8. The highest BCUT2D eigenvalue weighted by Gasteiger charge is 2.74. The van der Waals surface area contributed by atoms with Gasteiger partial charge in [-0.2, -0.15) is 0 Å². The molecule has 0 aromatic heterocycles. The zero-order valence-corrected chi connectivity index (χ0v) is 28.7. The first-order valence-corrected chi connectivity index (χ1v) is 16.0. The van der Waals surface area contributed by atoms with E-state index < -0.39 is 11.7 Å². The molecule has 0 unspecified atom stereocenters. The average Bonchev–Trinajstić information content (AvgIpc) is 3.49. The molecule has 2 aliphatic carbocycles. The summed E-state index contributed by atoms with van der Waals surface area (Å²) in [6.45, 7) is 20.6. The van der Waals surface area contributed by atoms with Crippen molar-refractivity contribution in [1.29, 1.82) is 0 Å². The van der Waals surface area contributed by atoms with Gasteiger partial charge in [-0.05, 0) is 77.5 Å². The summed E-state index contributed by atoms with van der Waals surface area (Å²) in [6, 6.07) is 0. The molecule has 0 aromatic carbocycles. The summed E-state index contributed by atoms with van der Waals surface area (Å²) in [6.07, 6.45) is 28.5. The number of allylic oxidation sites excluding steroid dienone is 15. The smallest absolute Gasteiger partial charge is 0.121 e.